The van der Waals surface area contributed by atoms with Crippen LogP contribution in [0.5, 0.6) is 0 Å². The summed E-state index contributed by atoms with van der Waals surface area (Å²) in [5.41, 5.74) is 1.50. The van der Waals surface area contributed by atoms with Crippen molar-refractivity contribution in [3.05, 3.63) is 24.0 Å². The van der Waals surface area contributed by atoms with Gasteiger partial charge in [-0.3, -0.25) is 4.79 Å². The Morgan fingerprint density at radius 3 is 2.56 bits per heavy atom. The Morgan fingerprint density at radius 1 is 1.16 bits per heavy atom. The zero-order valence-electron chi connectivity index (χ0n) is 19.6. The number of imidazole rings is 1. The van der Waals surface area contributed by atoms with Crippen LogP contribution in [0.2, 0.25) is 0 Å². The summed E-state index contributed by atoms with van der Waals surface area (Å²) in [6.07, 6.45) is 1.54. The Morgan fingerprint density at radius 2 is 1.91 bits per heavy atom. The number of benzene rings is 1. The summed E-state index contributed by atoms with van der Waals surface area (Å²) in [5.74, 6) is 0.735. The highest BCUT2D eigenvalue weighted by molar-refractivity contribution is 7.89. The van der Waals surface area contributed by atoms with Gasteiger partial charge < -0.3 is 19.4 Å². The van der Waals surface area contributed by atoms with E-state index >= 15 is 0 Å². The summed E-state index contributed by atoms with van der Waals surface area (Å²) in [6, 6.07) is 5.06. The van der Waals surface area contributed by atoms with Crippen LogP contribution in [0.25, 0.3) is 11.0 Å². The minimum atomic E-state index is -3.55. The van der Waals surface area contributed by atoms with Crippen LogP contribution in [0.15, 0.2) is 23.1 Å². The lowest BCUT2D eigenvalue weighted by Gasteiger charge is -2.18. The van der Waals surface area contributed by atoms with Gasteiger partial charge in [0, 0.05) is 52.7 Å². The molecule has 10 heteroatoms. The molecule has 0 aliphatic heterocycles. The maximum absolute atomic E-state index is 12.8. The lowest BCUT2D eigenvalue weighted by atomic mass is 10.2. The first-order valence-corrected chi connectivity index (χ1v) is 12.7. The van der Waals surface area contributed by atoms with Gasteiger partial charge in [0.1, 0.15) is 5.82 Å². The number of sulfonamides is 1. The third kappa shape index (κ3) is 6.74. The average molecular weight is 469 g/mol. The zero-order chi connectivity index (χ0) is 23.6. The minimum Gasteiger partial charge on any atom is -0.382 e. The number of nitrogens with zero attached hydrogens (tertiary/aromatic N) is 3. The Labute approximate surface area is 191 Å². The Hall–Kier alpha value is -2.01. The van der Waals surface area contributed by atoms with Gasteiger partial charge in [-0.05, 0) is 31.5 Å². The molecule has 1 aromatic carbocycles. The van der Waals surface area contributed by atoms with Crippen molar-refractivity contribution in [3.8, 4) is 0 Å². The molecule has 0 aliphatic carbocycles. The molecule has 2 rings (SSSR count). The van der Waals surface area contributed by atoms with Gasteiger partial charge in [-0.15, -0.1) is 0 Å². The number of hydrogen-bond donors (Lipinski definition) is 1. The standard InChI is InChI=1S/C22H36N4O5S/c1-5-25(6-2)32(28,29)18-9-10-20-19(17-18)24-21(26(20)7-3)11-12-22(27)23-13-8-14-31-16-15-30-4/h9-10,17H,5-8,11-16H2,1-4H3,(H,23,27). The molecule has 0 spiro atoms. The number of carbonyl (C=O) groups excluding carboxylic acids is 1. The highest BCUT2D eigenvalue weighted by Crippen LogP contribution is 2.23. The summed E-state index contributed by atoms with van der Waals surface area (Å²) < 4.78 is 39.4. The number of nitrogens with one attached hydrogen (secondary N) is 1. The first kappa shape index (κ1) is 26.2. The predicted molar refractivity (Wildman–Crippen MR) is 124 cm³/mol. The van der Waals surface area contributed by atoms with E-state index in [0.717, 1.165) is 17.8 Å². The Bertz CT molecular complexity index is 970. The number of rotatable bonds is 15. The van der Waals surface area contributed by atoms with E-state index < -0.39 is 10.0 Å². The lowest BCUT2D eigenvalue weighted by molar-refractivity contribution is -0.121. The van der Waals surface area contributed by atoms with E-state index in [2.05, 4.69) is 10.3 Å². The molecule has 1 N–H and O–H groups in total. The summed E-state index contributed by atoms with van der Waals surface area (Å²) in [4.78, 5) is 17.1. The van der Waals surface area contributed by atoms with E-state index in [4.69, 9.17) is 9.47 Å². The van der Waals surface area contributed by atoms with Crippen molar-refractivity contribution in [1.29, 1.82) is 0 Å². The quantitative estimate of drug-likeness (QED) is 0.402. The fourth-order valence-electron chi connectivity index (χ4n) is 3.54. The van der Waals surface area contributed by atoms with Crippen LogP contribution in [-0.2, 0) is 37.3 Å². The minimum absolute atomic E-state index is 0.0404. The molecule has 9 nitrogen and oxygen atoms in total. The highest BCUT2D eigenvalue weighted by Gasteiger charge is 2.23. The summed E-state index contributed by atoms with van der Waals surface area (Å²) in [6.45, 7) is 9.43. The maximum atomic E-state index is 12.8. The largest absolute Gasteiger partial charge is 0.382 e. The maximum Gasteiger partial charge on any atom is 0.243 e. The van der Waals surface area contributed by atoms with Crippen molar-refractivity contribution in [2.75, 3.05) is 46.6 Å². The smallest absolute Gasteiger partial charge is 0.243 e. The molecule has 180 valence electrons. The first-order valence-electron chi connectivity index (χ1n) is 11.2. The molecule has 32 heavy (non-hydrogen) atoms. The second-order valence-electron chi connectivity index (χ2n) is 7.32. The lowest BCUT2D eigenvalue weighted by Crippen LogP contribution is -2.30. The van der Waals surface area contributed by atoms with E-state index in [0.29, 0.717) is 64.4 Å². The SMILES string of the molecule is CCN(CC)S(=O)(=O)c1ccc2c(c1)nc(CCC(=O)NCCCOCCOC)n2CC. The molecule has 0 aliphatic rings. The van der Waals surface area contributed by atoms with Gasteiger partial charge in [0.25, 0.3) is 0 Å². The van der Waals surface area contributed by atoms with E-state index in [-0.39, 0.29) is 10.8 Å². The molecular weight excluding hydrogens is 432 g/mol. The van der Waals surface area contributed by atoms with Gasteiger partial charge in [-0.25, -0.2) is 13.4 Å². The Balaban J connectivity index is 2.01. The summed E-state index contributed by atoms with van der Waals surface area (Å²) in [7, 11) is -1.92. The van der Waals surface area contributed by atoms with Crippen LogP contribution >= 0.6 is 0 Å². The van der Waals surface area contributed by atoms with Gasteiger partial charge in [0.05, 0.1) is 29.1 Å². The molecule has 0 radical (unpaired) electrons. The van der Waals surface area contributed by atoms with Gasteiger partial charge in [0.2, 0.25) is 15.9 Å². The van der Waals surface area contributed by atoms with Crippen LogP contribution in [0.4, 0.5) is 0 Å². The summed E-state index contributed by atoms with van der Waals surface area (Å²) in [5, 5.41) is 2.90. The molecule has 2 aromatic rings. The van der Waals surface area contributed by atoms with E-state index in [9.17, 15) is 13.2 Å². The monoisotopic (exact) mass is 468 g/mol. The third-order valence-corrected chi connectivity index (χ3v) is 7.30. The number of methoxy groups -OCH3 is 1. The number of amides is 1. The van der Waals surface area contributed by atoms with Crippen molar-refractivity contribution < 1.29 is 22.7 Å². The fraction of sp³-hybridized carbons (Fsp3) is 0.636. The molecule has 0 saturated heterocycles. The van der Waals surface area contributed by atoms with Gasteiger partial charge >= 0.3 is 0 Å². The van der Waals surface area contributed by atoms with Crippen LogP contribution in [0, 0.1) is 0 Å². The normalized spacial score (nSPS) is 12.0. The van der Waals surface area contributed by atoms with E-state index in [1.54, 1.807) is 25.3 Å². The van der Waals surface area contributed by atoms with Crippen LogP contribution in [0.1, 0.15) is 39.4 Å². The van der Waals surface area contributed by atoms with Crippen molar-refractivity contribution in [1.82, 2.24) is 19.2 Å². The van der Waals surface area contributed by atoms with Crippen molar-refractivity contribution >= 4 is 27.0 Å². The number of aryl methyl sites for hydroxylation is 2. The van der Waals surface area contributed by atoms with Crippen molar-refractivity contribution in [3.63, 3.8) is 0 Å². The van der Waals surface area contributed by atoms with Crippen LogP contribution < -0.4 is 5.32 Å². The van der Waals surface area contributed by atoms with Gasteiger partial charge in [-0.1, -0.05) is 13.8 Å². The van der Waals surface area contributed by atoms with E-state index in [1.807, 2.05) is 25.3 Å². The number of carbonyl (C=O) groups is 1. The van der Waals surface area contributed by atoms with E-state index in [1.165, 1.54) is 4.31 Å². The van der Waals surface area contributed by atoms with Crippen molar-refractivity contribution in [2.45, 2.75) is 51.5 Å². The molecule has 1 heterocycles. The number of aromatic nitrogens is 2. The number of hydrogen-bond acceptors (Lipinski definition) is 6. The fourth-order valence-corrected chi connectivity index (χ4v) is 5.01. The second-order valence-corrected chi connectivity index (χ2v) is 9.26. The molecule has 0 fully saturated rings. The zero-order valence-corrected chi connectivity index (χ0v) is 20.4. The topological polar surface area (TPSA) is 103 Å². The molecule has 0 saturated carbocycles. The average Bonchev–Trinajstić information content (AvgIpc) is 3.14. The molecular formula is C22H36N4O5S. The van der Waals surface area contributed by atoms with Gasteiger partial charge in [-0.2, -0.15) is 4.31 Å². The highest BCUT2D eigenvalue weighted by atomic mass is 32.2. The summed E-state index contributed by atoms with van der Waals surface area (Å²) >= 11 is 0. The molecule has 1 amide bonds. The predicted octanol–water partition coefficient (Wildman–Crippen LogP) is 2.19. The van der Waals surface area contributed by atoms with Crippen LogP contribution in [0.3, 0.4) is 0 Å². The molecule has 0 unspecified atom stereocenters. The second kappa shape index (κ2) is 12.9. The van der Waals surface area contributed by atoms with Crippen LogP contribution in [-0.4, -0.2) is 74.7 Å². The molecule has 0 atom stereocenters. The van der Waals surface area contributed by atoms with Gasteiger partial charge in [0.15, 0.2) is 0 Å². The third-order valence-electron chi connectivity index (χ3n) is 5.25. The molecule has 0 bridgehead atoms. The number of ether oxygens (including phenoxy) is 2. The number of fused-ring (bicyclic) bond motifs is 1. The Kier molecular flexibility index (Phi) is 10.6. The molecule has 1 aromatic heterocycles. The van der Waals surface area contributed by atoms with Crippen molar-refractivity contribution in [2.24, 2.45) is 0 Å². The first-order chi connectivity index (χ1) is 15.4.